The summed E-state index contributed by atoms with van der Waals surface area (Å²) in [5.41, 5.74) is 1.57. The van der Waals surface area contributed by atoms with Crippen LogP contribution in [0.25, 0.3) is 10.2 Å². The van der Waals surface area contributed by atoms with Crippen LogP contribution in [-0.2, 0) is 0 Å². The van der Waals surface area contributed by atoms with E-state index in [1.165, 1.54) is 17.4 Å². The minimum absolute atomic E-state index is 0.0174. The second kappa shape index (κ2) is 9.03. The Morgan fingerprint density at radius 3 is 2.69 bits per heavy atom. The fourth-order valence-corrected chi connectivity index (χ4v) is 4.24. The number of anilines is 1. The number of pyridine rings is 1. The molecule has 11 heteroatoms. The zero-order valence-electron chi connectivity index (χ0n) is 18.0. The first-order valence-corrected chi connectivity index (χ1v) is 11.2. The van der Waals surface area contributed by atoms with Crippen molar-refractivity contribution >= 4 is 39.4 Å². The van der Waals surface area contributed by atoms with Gasteiger partial charge in [-0.15, -0.1) is 11.3 Å². The number of carbonyl (C=O) groups is 2. The normalized spacial score (nSPS) is 14.8. The van der Waals surface area contributed by atoms with Crippen LogP contribution in [0.2, 0.25) is 0 Å². The van der Waals surface area contributed by atoms with Gasteiger partial charge in [-0.25, -0.2) is 19.2 Å². The number of aromatic nitrogens is 3. The lowest BCUT2D eigenvalue weighted by Crippen LogP contribution is -2.43. The van der Waals surface area contributed by atoms with Crippen molar-refractivity contribution in [1.29, 1.82) is 0 Å². The SMILES string of the molecule is CC(C)NC(=O)N1CCN(C(=O)c2nc(NC(C)c3cncc(F)c3)nc3ccsc23)C1. The number of amides is 3. The Morgan fingerprint density at radius 1 is 1.16 bits per heavy atom. The largest absolute Gasteiger partial charge is 0.348 e. The van der Waals surface area contributed by atoms with Crippen LogP contribution >= 0.6 is 11.3 Å². The van der Waals surface area contributed by atoms with Crippen LogP contribution in [0.4, 0.5) is 15.1 Å². The summed E-state index contributed by atoms with van der Waals surface area (Å²) in [5, 5.41) is 7.83. The summed E-state index contributed by atoms with van der Waals surface area (Å²) in [6, 6.07) is 2.72. The molecule has 9 nitrogen and oxygen atoms in total. The zero-order valence-corrected chi connectivity index (χ0v) is 18.8. The molecule has 168 valence electrons. The minimum Gasteiger partial charge on any atom is -0.348 e. The lowest BCUT2D eigenvalue weighted by molar-refractivity contribution is 0.0770. The van der Waals surface area contributed by atoms with Gasteiger partial charge in [-0.3, -0.25) is 9.78 Å². The zero-order chi connectivity index (χ0) is 22.8. The first-order chi connectivity index (χ1) is 15.3. The lowest BCUT2D eigenvalue weighted by atomic mass is 10.1. The van der Waals surface area contributed by atoms with Gasteiger partial charge in [-0.05, 0) is 43.8 Å². The van der Waals surface area contributed by atoms with E-state index in [4.69, 9.17) is 0 Å². The van der Waals surface area contributed by atoms with E-state index in [1.807, 2.05) is 32.2 Å². The molecule has 1 aliphatic heterocycles. The molecular formula is C21H24FN7O2S. The summed E-state index contributed by atoms with van der Waals surface area (Å²) in [4.78, 5) is 41.6. The molecule has 1 atom stereocenters. The van der Waals surface area contributed by atoms with Gasteiger partial charge in [0, 0.05) is 25.3 Å². The van der Waals surface area contributed by atoms with Crippen LogP contribution in [-0.4, -0.2) is 62.5 Å². The van der Waals surface area contributed by atoms with Crippen molar-refractivity contribution in [2.24, 2.45) is 0 Å². The van der Waals surface area contributed by atoms with Crippen molar-refractivity contribution < 1.29 is 14.0 Å². The number of urea groups is 1. The molecule has 2 N–H and O–H groups in total. The van der Waals surface area contributed by atoms with Gasteiger partial charge in [0.2, 0.25) is 5.95 Å². The number of nitrogens with one attached hydrogen (secondary N) is 2. The number of fused-ring (bicyclic) bond motifs is 1. The maximum absolute atomic E-state index is 13.5. The highest BCUT2D eigenvalue weighted by atomic mass is 32.1. The van der Waals surface area contributed by atoms with E-state index in [2.05, 4.69) is 25.6 Å². The number of halogens is 1. The summed E-state index contributed by atoms with van der Waals surface area (Å²) < 4.78 is 14.2. The van der Waals surface area contributed by atoms with Gasteiger partial charge in [0.25, 0.3) is 5.91 Å². The van der Waals surface area contributed by atoms with Crippen LogP contribution in [0.5, 0.6) is 0 Å². The van der Waals surface area contributed by atoms with Crippen molar-refractivity contribution in [3.63, 3.8) is 0 Å². The molecule has 1 unspecified atom stereocenters. The molecule has 3 aromatic heterocycles. The smallest absolute Gasteiger partial charge is 0.319 e. The van der Waals surface area contributed by atoms with Crippen LogP contribution in [0.3, 0.4) is 0 Å². The molecule has 0 saturated carbocycles. The maximum Gasteiger partial charge on any atom is 0.319 e. The number of hydrogen-bond acceptors (Lipinski definition) is 7. The highest BCUT2D eigenvalue weighted by Gasteiger charge is 2.30. The van der Waals surface area contributed by atoms with Gasteiger partial charge in [-0.1, -0.05) is 0 Å². The van der Waals surface area contributed by atoms with Crippen molar-refractivity contribution in [3.05, 3.63) is 47.0 Å². The highest BCUT2D eigenvalue weighted by molar-refractivity contribution is 7.17. The van der Waals surface area contributed by atoms with Gasteiger partial charge in [0.1, 0.15) is 5.82 Å². The highest BCUT2D eigenvalue weighted by Crippen LogP contribution is 2.27. The summed E-state index contributed by atoms with van der Waals surface area (Å²) in [7, 11) is 0. The quantitative estimate of drug-likeness (QED) is 0.610. The number of thiophene rings is 1. The maximum atomic E-state index is 13.5. The van der Waals surface area contributed by atoms with Crippen molar-refractivity contribution in [2.75, 3.05) is 25.1 Å². The molecule has 1 aliphatic rings. The van der Waals surface area contributed by atoms with E-state index < -0.39 is 5.82 Å². The Morgan fingerprint density at radius 2 is 1.94 bits per heavy atom. The standard InChI is InChI=1S/C21H24FN7O2S/c1-12(2)24-21(31)29-6-5-28(11-29)19(30)17-18-16(4-7-32-18)26-20(27-17)25-13(3)14-8-15(22)10-23-9-14/h4,7-10,12-13H,5-6,11H2,1-3H3,(H,24,31)(H,25,26,27). The fraction of sp³-hybridized carbons (Fsp3) is 0.381. The predicted octanol–water partition coefficient (Wildman–Crippen LogP) is 3.23. The average molecular weight is 458 g/mol. The molecular weight excluding hydrogens is 433 g/mol. The predicted molar refractivity (Wildman–Crippen MR) is 120 cm³/mol. The number of nitrogens with zero attached hydrogens (tertiary/aromatic N) is 5. The molecule has 3 aromatic rings. The van der Waals surface area contributed by atoms with E-state index in [9.17, 15) is 14.0 Å². The second-order valence-corrected chi connectivity index (χ2v) is 8.83. The summed E-state index contributed by atoms with van der Waals surface area (Å²) in [5.74, 6) is -0.422. The average Bonchev–Trinajstić information content (AvgIpc) is 3.42. The van der Waals surface area contributed by atoms with Gasteiger partial charge < -0.3 is 20.4 Å². The Bertz CT molecular complexity index is 1150. The third-order valence-electron chi connectivity index (χ3n) is 5.05. The Hall–Kier alpha value is -3.34. The third kappa shape index (κ3) is 4.62. The van der Waals surface area contributed by atoms with Crippen LogP contribution in [0, 0.1) is 5.82 Å². The molecule has 0 aromatic carbocycles. The van der Waals surface area contributed by atoms with E-state index in [0.717, 1.165) is 6.20 Å². The summed E-state index contributed by atoms with van der Waals surface area (Å²) >= 11 is 1.39. The van der Waals surface area contributed by atoms with Gasteiger partial charge in [-0.2, -0.15) is 0 Å². The molecule has 0 aliphatic carbocycles. The van der Waals surface area contributed by atoms with Gasteiger partial charge in [0.15, 0.2) is 5.69 Å². The number of carbonyl (C=O) groups excluding carboxylic acids is 2. The second-order valence-electron chi connectivity index (χ2n) is 7.91. The van der Waals surface area contributed by atoms with Gasteiger partial charge >= 0.3 is 6.03 Å². The fourth-order valence-electron chi connectivity index (χ4n) is 3.42. The van der Waals surface area contributed by atoms with E-state index in [1.54, 1.807) is 16.0 Å². The summed E-state index contributed by atoms with van der Waals surface area (Å²) in [6.45, 7) is 6.70. The molecule has 1 fully saturated rings. The summed E-state index contributed by atoms with van der Waals surface area (Å²) in [6.07, 6.45) is 2.71. The van der Waals surface area contributed by atoms with Crippen molar-refractivity contribution in [1.82, 2.24) is 30.1 Å². The van der Waals surface area contributed by atoms with E-state index in [0.29, 0.717) is 28.9 Å². The first-order valence-electron chi connectivity index (χ1n) is 10.3. The van der Waals surface area contributed by atoms with Crippen molar-refractivity contribution in [3.8, 4) is 0 Å². The van der Waals surface area contributed by atoms with Gasteiger partial charge in [0.05, 0.1) is 29.1 Å². The molecule has 32 heavy (non-hydrogen) atoms. The number of rotatable bonds is 5. The molecule has 4 heterocycles. The lowest BCUT2D eigenvalue weighted by Gasteiger charge is -2.20. The van der Waals surface area contributed by atoms with Crippen LogP contribution < -0.4 is 10.6 Å². The monoisotopic (exact) mass is 457 g/mol. The van der Waals surface area contributed by atoms with Crippen LogP contribution in [0.1, 0.15) is 42.9 Å². The molecule has 3 amide bonds. The topological polar surface area (TPSA) is 103 Å². The Kier molecular flexibility index (Phi) is 6.17. The number of hydrogen-bond donors (Lipinski definition) is 2. The van der Waals surface area contributed by atoms with E-state index in [-0.39, 0.29) is 42.3 Å². The molecule has 4 rings (SSSR count). The van der Waals surface area contributed by atoms with Crippen molar-refractivity contribution in [2.45, 2.75) is 32.9 Å². The van der Waals surface area contributed by atoms with E-state index >= 15 is 0 Å². The van der Waals surface area contributed by atoms with Crippen LogP contribution in [0.15, 0.2) is 29.9 Å². The molecule has 0 spiro atoms. The first kappa shape index (κ1) is 21.9. The molecule has 1 saturated heterocycles. The third-order valence-corrected chi connectivity index (χ3v) is 5.96. The Balaban J connectivity index is 1.56. The molecule has 0 bridgehead atoms. The Labute approximate surface area is 188 Å². The minimum atomic E-state index is -0.429. The molecule has 0 radical (unpaired) electrons.